The molecule has 10 heteroatoms. The zero-order valence-corrected chi connectivity index (χ0v) is 33.4. The van der Waals surface area contributed by atoms with Crippen molar-refractivity contribution in [2.45, 2.75) is 13.8 Å². The summed E-state index contributed by atoms with van der Waals surface area (Å²) in [5.41, 5.74) is 4.10. The molecule has 302 valence electrons. The van der Waals surface area contributed by atoms with Crippen molar-refractivity contribution in [1.82, 2.24) is 0 Å². The van der Waals surface area contributed by atoms with Crippen molar-refractivity contribution in [2.24, 2.45) is 0 Å². The summed E-state index contributed by atoms with van der Waals surface area (Å²) < 4.78 is 42.4. The SMILES string of the molecule is C=CC(=O)OC#Cc1c(/C=C/c2ccc(C#Cc3ccc(/C=C/OC(=O)C(=C)C)cc3)cc2)c(F)c(OC)c(C#Cc2ccc(/C=C/OC(=O)C(=C)C)cc2)c1OC(=O)C=C. The van der Waals surface area contributed by atoms with Crippen molar-refractivity contribution in [1.29, 1.82) is 0 Å². The van der Waals surface area contributed by atoms with Crippen LogP contribution in [0.15, 0.2) is 135 Å². The van der Waals surface area contributed by atoms with Crippen molar-refractivity contribution < 1.29 is 47.3 Å². The fourth-order valence-corrected chi connectivity index (χ4v) is 4.73. The molecule has 0 amide bonds. The highest BCUT2D eigenvalue weighted by atomic mass is 19.1. The molecule has 0 unspecified atom stereocenters. The molecule has 0 saturated carbocycles. The van der Waals surface area contributed by atoms with E-state index in [-0.39, 0.29) is 33.8 Å². The number of halogens is 1. The van der Waals surface area contributed by atoms with E-state index >= 15 is 4.39 Å². The van der Waals surface area contributed by atoms with Gasteiger partial charge in [0.25, 0.3) is 0 Å². The zero-order chi connectivity index (χ0) is 44.3. The summed E-state index contributed by atoms with van der Waals surface area (Å²) in [7, 11) is 1.23. The predicted molar refractivity (Wildman–Crippen MR) is 232 cm³/mol. The van der Waals surface area contributed by atoms with Crippen LogP contribution in [0.1, 0.15) is 63.9 Å². The van der Waals surface area contributed by atoms with Gasteiger partial charge in [-0.25, -0.2) is 23.6 Å². The lowest BCUT2D eigenvalue weighted by Gasteiger charge is -2.16. The Balaban J connectivity index is 1.69. The lowest BCUT2D eigenvalue weighted by molar-refractivity contribution is -0.134. The first-order valence-electron chi connectivity index (χ1n) is 18.0. The second-order valence-electron chi connectivity index (χ2n) is 12.5. The quantitative estimate of drug-likeness (QED) is 0.0263. The number of hydrogen-bond donors (Lipinski definition) is 0. The zero-order valence-electron chi connectivity index (χ0n) is 33.4. The van der Waals surface area contributed by atoms with Crippen LogP contribution in [0.25, 0.3) is 24.3 Å². The Morgan fingerprint density at radius 1 is 0.574 bits per heavy atom. The molecule has 0 saturated heterocycles. The first kappa shape index (κ1) is 45.1. The first-order valence-corrected chi connectivity index (χ1v) is 18.0. The molecule has 61 heavy (non-hydrogen) atoms. The molecule has 4 rings (SSSR count). The first-order chi connectivity index (χ1) is 29.3. The molecule has 0 radical (unpaired) electrons. The van der Waals surface area contributed by atoms with E-state index in [9.17, 15) is 19.2 Å². The van der Waals surface area contributed by atoms with Gasteiger partial charge in [-0.1, -0.05) is 92.5 Å². The number of carbonyl (C=O) groups excluding carboxylic acids is 4. The van der Waals surface area contributed by atoms with Gasteiger partial charge in [-0.15, -0.1) is 0 Å². The number of benzene rings is 4. The van der Waals surface area contributed by atoms with Crippen LogP contribution in [0.4, 0.5) is 4.39 Å². The molecule has 0 aliphatic carbocycles. The molecule has 0 aliphatic rings. The molecule has 0 aliphatic heterocycles. The van der Waals surface area contributed by atoms with Crippen molar-refractivity contribution in [3.05, 3.63) is 191 Å². The number of carbonyl (C=O) groups is 4. The summed E-state index contributed by atoms with van der Waals surface area (Å²) in [5.74, 6) is 10.1. The summed E-state index contributed by atoms with van der Waals surface area (Å²) >= 11 is 0. The van der Waals surface area contributed by atoms with Crippen LogP contribution in [0, 0.1) is 41.5 Å². The standard InChI is InChI=1S/C51H37FO9/c1-8-45(53)58-33-30-43-42(26-24-38-14-12-36(13-15-38)10-11-37-16-20-40(21-17-37)28-31-59-50(55)34(3)4)47(52)49(57-7)44(48(43)61-46(54)9-2)27-25-39-18-22-41(23-19-39)29-32-60-51(56)35(5)6/h8-9,12-24,26,28-29,31-32H,1-3,5H2,4,6-7H3/b26-24+,31-28+,32-29+. The van der Waals surface area contributed by atoms with Crippen LogP contribution >= 0.6 is 0 Å². The average molecular weight is 813 g/mol. The predicted octanol–water partition coefficient (Wildman–Crippen LogP) is 9.11. The highest BCUT2D eigenvalue weighted by Gasteiger charge is 2.25. The van der Waals surface area contributed by atoms with E-state index in [0.29, 0.717) is 27.8 Å². The van der Waals surface area contributed by atoms with E-state index in [1.165, 1.54) is 32.6 Å². The maximum atomic E-state index is 16.5. The Morgan fingerprint density at radius 2 is 1.02 bits per heavy atom. The maximum absolute atomic E-state index is 16.5. The summed E-state index contributed by atoms with van der Waals surface area (Å²) in [5, 5.41) is 0. The molecule has 0 spiro atoms. The van der Waals surface area contributed by atoms with E-state index in [1.807, 2.05) is 24.3 Å². The topological polar surface area (TPSA) is 114 Å². The Hall–Kier alpha value is -8.65. The maximum Gasteiger partial charge on any atom is 0.344 e. The largest absolute Gasteiger partial charge is 0.492 e. The summed E-state index contributed by atoms with van der Waals surface area (Å²) in [4.78, 5) is 47.7. The molecule has 0 atom stereocenters. The third-order valence-corrected chi connectivity index (χ3v) is 7.88. The van der Waals surface area contributed by atoms with Gasteiger partial charge in [-0.05, 0) is 91.1 Å². The molecule has 0 N–H and O–H groups in total. The van der Waals surface area contributed by atoms with Crippen LogP contribution in [0.3, 0.4) is 0 Å². The summed E-state index contributed by atoms with van der Waals surface area (Å²) in [6, 6.07) is 21.2. The Morgan fingerprint density at radius 3 is 1.44 bits per heavy atom. The molecule has 0 fully saturated rings. The Labute approximate surface area is 353 Å². The van der Waals surface area contributed by atoms with E-state index in [4.69, 9.17) is 23.7 Å². The average Bonchev–Trinajstić information content (AvgIpc) is 3.26. The third kappa shape index (κ3) is 13.5. The Bertz CT molecular complexity index is 2680. The smallest absolute Gasteiger partial charge is 0.344 e. The van der Waals surface area contributed by atoms with Gasteiger partial charge < -0.3 is 23.7 Å². The molecule has 9 nitrogen and oxygen atoms in total. The second kappa shape index (κ2) is 22.3. The van der Waals surface area contributed by atoms with Crippen LogP contribution in [-0.4, -0.2) is 31.0 Å². The van der Waals surface area contributed by atoms with Crippen LogP contribution in [0.5, 0.6) is 11.5 Å². The van der Waals surface area contributed by atoms with Gasteiger partial charge in [-0.3, -0.25) is 0 Å². The highest BCUT2D eigenvalue weighted by Crippen LogP contribution is 2.39. The summed E-state index contributed by atoms with van der Waals surface area (Å²) in [6.07, 6.45) is 12.8. The number of hydrogen-bond acceptors (Lipinski definition) is 9. The molecule has 4 aromatic rings. The fourth-order valence-electron chi connectivity index (χ4n) is 4.73. The fraction of sp³-hybridized carbons (Fsp3) is 0.0588. The third-order valence-electron chi connectivity index (χ3n) is 7.88. The van der Waals surface area contributed by atoms with Crippen molar-refractivity contribution in [2.75, 3.05) is 7.11 Å². The lowest BCUT2D eigenvalue weighted by atomic mass is 9.98. The van der Waals surface area contributed by atoms with Crippen LogP contribution < -0.4 is 9.47 Å². The summed E-state index contributed by atoms with van der Waals surface area (Å²) in [6.45, 7) is 17.0. The second-order valence-corrected chi connectivity index (χ2v) is 12.5. The van der Waals surface area contributed by atoms with Crippen LogP contribution in [0.2, 0.25) is 0 Å². The van der Waals surface area contributed by atoms with E-state index in [1.54, 1.807) is 73.7 Å². The molecule has 4 aromatic carbocycles. The van der Waals surface area contributed by atoms with Crippen molar-refractivity contribution in [3.63, 3.8) is 0 Å². The van der Waals surface area contributed by atoms with Crippen molar-refractivity contribution >= 4 is 48.2 Å². The lowest BCUT2D eigenvalue weighted by Crippen LogP contribution is -2.10. The van der Waals surface area contributed by atoms with Gasteiger partial charge >= 0.3 is 23.9 Å². The number of methoxy groups -OCH3 is 1. The highest BCUT2D eigenvalue weighted by molar-refractivity contribution is 5.89. The van der Waals surface area contributed by atoms with Gasteiger partial charge in [0.05, 0.1) is 25.2 Å². The van der Waals surface area contributed by atoms with E-state index in [2.05, 4.69) is 62.0 Å². The van der Waals surface area contributed by atoms with Crippen LogP contribution in [-0.2, 0) is 33.4 Å². The molecule has 0 heterocycles. The van der Waals surface area contributed by atoms with E-state index in [0.717, 1.165) is 23.3 Å². The molecular formula is C51H37FO9. The van der Waals surface area contributed by atoms with Gasteiger partial charge in [0, 0.05) is 45.6 Å². The monoisotopic (exact) mass is 812 g/mol. The minimum atomic E-state index is -0.910. The minimum absolute atomic E-state index is 0.166. The Kier molecular flexibility index (Phi) is 16.5. The number of ether oxygens (including phenoxy) is 5. The molecule has 0 bridgehead atoms. The number of rotatable bonds is 12. The molecular weight excluding hydrogens is 776 g/mol. The van der Waals surface area contributed by atoms with Gasteiger partial charge in [0.2, 0.25) is 0 Å². The van der Waals surface area contributed by atoms with Gasteiger partial charge in [-0.2, -0.15) is 0 Å². The number of esters is 4. The van der Waals surface area contributed by atoms with E-state index < -0.39 is 29.7 Å². The molecule has 0 aromatic heterocycles. The van der Waals surface area contributed by atoms with Gasteiger partial charge in [0.15, 0.2) is 17.3 Å². The minimum Gasteiger partial charge on any atom is -0.492 e. The van der Waals surface area contributed by atoms with Gasteiger partial charge in [0.1, 0.15) is 11.7 Å². The van der Waals surface area contributed by atoms with Crippen molar-refractivity contribution in [3.8, 4) is 47.2 Å². The normalized spacial score (nSPS) is 10.2.